The minimum atomic E-state index is -3.23. The Bertz CT molecular complexity index is 623. The molecule has 0 bridgehead atoms. The van der Waals surface area contributed by atoms with E-state index in [4.69, 9.17) is 9.47 Å². The molecule has 0 aromatic carbocycles. The number of rotatable bonds is 1. The van der Waals surface area contributed by atoms with Gasteiger partial charge in [0.2, 0.25) is 5.91 Å². The Balaban J connectivity index is 0.000000316. The number of nitrogens with zero attached hydrogens (tertiary/aromatic N) is 1. The van der Waals surface area contributed by atoms with Crippen molar-refractivity contribution in [2.75, 3.05) is 25.2 Å². The van der Waals surface area contributed by atoms with Crippen LogP contribution in [0, 0.1) is 11.8 Å². The van der Waals surface area contributed by atoms with E-state index in [1.807, 2.05) is 0 Å². The molecule has 0 spiro atoms. The van der Waals surface area contributed by atoms with Crippen LogP contribution in [-0.4, -0.2) is 75.8 Å². The molecule has 0 aliphatic carbocycles. The summed E-state index contributed by atoms with van der Waals surface area (Å²) >= 11 is 0. The van der Waals surface area contributed by atoms with Gasteiger partial charge in [-0.3, -0.25) is 4.79 Å². The molecule has 25 heavy (non-hydrogen) atoms. The van der Waals surface area contributed by atoms with Gasteiger partial charge in [-0.1, -0.05) is 12.4 Å². The smallest absolute Gasteiger partial charge is 0.329 e. The van der Waals surface area contributed by atoms with Crippen molar-refractivity contribution in [3.63, 3.8) is 0 Å². The highest BCUT2D eigenvalue weighted by Crippen LogP contribution is 2.38. The quantitative estimate of drug-likeness (QED) is 0.446. The number of sulfone groups is 1. The molecule has 9 heteroatoms. The number of hydrogen-bond acceptors (Lipinski definition) is 6. The van der Waals surface area contributed by atoms with Crippen molar-refractivity contribution >= 4 is 29.6 Å². The molecule has 1 unspecified atom stereocenters. The van der Waals surface area contributed by atoms with Gasteiger partial charge in [0, 0.05) is 19.6 Å². The zero-order chi connectivity index (χ0) is 19.0. The van der Waals surface area contributed by atoms with Crippen molar-refractivity contribution in [2.24, 2.45) is 11.8 Å². The second kappa shape index (κ2) is 7.27. The molecule has 3 aliphatic rings. The van der Waals surface area contributed by atoms with Crippen LogP contribution >= 0.6 is 0 Å². The van der Waals surface area contributed by atoms with E-state index in [1.54, 1.807) is 20.8 Å². The molecule has 7 nitrogen and oxygen atoms in total. The minimum Gasteiger partial charge on any atom is -0.458 e. The number of fused-ring (bicyclic) bond motifs is 1. The lowest BCUT2D eigenvalue weighted by Gasteiger charge is -2.27. The SMILES string of the molecule is CN1C(=O)[C@@H]2CS(=O)(=O)C[C@@H]2[C@H]1C(=O)OC(C)(C)C.[BH3-]C1CCCO1. The Morgan fingerprint density at radius 3 is 2.40 bits per heavy atom. The molecule has 1 amide bonds. The summed E-state index contributed by atoms with van der Waals surface area (Å²) in [5.41, 5.74) is -0.656. The van der Waals surface area contributed by atoms with Crippen LogP contribution in [0.25, 0.3) is 0 Å². The molecule has 144 valence electrons. The molecule has 3 saturated heterocycles. The summed E-state index contributed by atoms with van der Waals surface area (Å²) in [6.45, 7) is 6.27. The van der Waals surface area contributed by atoms with E-state index in [0.717, 1.165) is 12.6 Å². The molecule has 3 aliphatic heterocycles. The van der Waals surface area contributed by atoms with Crippen LogP contribution in [0.3, 0.4) is 0 Å². The normalized spacial score (nSPS) is 33.6. The van der Waals surface area contributed by atoms with Gasteiger partial charge in [0.1, 0.15) is 11.6 Å². The predicted molar refractivity (Wildman–Crippen MR) is 96.9 cm³/mol. The number of likely N-dealkylation sites (tertiary alicyclic amines) is 1. The summed E-state index contributed by atoms with van der Waals surface area (Å²) in [7, 11) is -1.18. The first kappa shape index (κ1) is 20.2. The van der Waals surface area contributed by atoms with Gasteiger partial charge >= 0.3 is 5.97 Å². The molecule has 3 rings (SSSR count). The number of likely N-dealkylation sites (N-methyl/N-ethyl adjacent to an activating group) is 1. The Kier molecular flexibility index (Phi) is 5.88. The first-order valence-corrected chi connectivity index (χ1v) is 9.97. The molecule has 0 radical (unpaired) electrons. The highest BCUT2D eigenvalue weighted by molar-refractivity contribution is 7.91. The average molecular weight is 374 g/mol. The van der Waals surface area contributed by atoms with Crippen molar-refractivity contribution < 1.29 is 27.5 Å². The molecule has 3 fully saturated rings. The fraction of sp³-hybridized carbons (Fsp3) is 0.875. The maximum absolute atomic E-state index is 12.2. The highest BCUT2D eigenvalue weighted by Gasteiger charge is 2.57. The predicted octanol–water partition coefficient (Wildman–Crippen LogP) is -0.682. The lowest BCUT2D eigenvalue weighted by atomic mass is 9.94. The van der Waals surface area contributed by atoms with Crippen molar-refractivity contribution in [3.8, 4) is 0 Å². The first-order valence-electron chi connectivity index (χ1n) is 8.15. The van der Waals surface area contributed by atoms with Crippen molar-refractivity contribution in [2.45, 2.75) is 51.3 Å². The number of amides is 1. The Hall–Kier alpha value is -1.09. The lowest BCUT2D eigenvalue weighted by Crippen LogP contribution is -2.43. The van der Waals surface area contributed by atoms with Gasteiger partial charge in [-0.15, -0.1) is 0 Å². The summed E-state index contributed by atoms with van der Waals surface area (Å²) in [5, 5.41) is 0. The van der Waals surface area contributed by atoms with Gasteiger partial charge in [-0.05, 0) is 35.0 Å². The summed E-state index contributed by atoms with van der Waals surface area (Å²) in [6.07, 6.45) is 2.70. The lowest BCUT2D eigenvalue weighted by molar-refractivity contribution is -0.162. The van der Waals surface area contributed by atoms with Gasteiger partial charge in [0.05, 0.1) is 17.4 Å². The van der Waals surface area contributed by atoms with Crippen LogP contribution in [-0.2, 0) is 28.9 Å². The van der Waals surface area contributed by atoms with Gasteiger partial charge in [-0.2, -0.15) is 0 Å². The van der Waals surface area contributed by atoms with Gasteiger partial charge in [0.15, 0.2) is 9.84 Å². The van der Waals surface area contributed by atoms with Crippen molar-refractivity contribution in [3.05, 3.63) is 0 Å². The molecule has 0 aromatic rings. The Labute approximate surface area is 150 Å². The Morgan fingerprint density at radius 1 is 1.32 bits per heavy atom. The van der Waals surface area contributed by atoms with Crippen LogP contribution < -0.4 is 0 Å². The third-order valence-electron chi connectivity index (χ3n) is 4.23. The highest BCUT2D eigenvalue weighted by atomic mass is 32.2. The van der Waals surface area contributed by atoms with Gasteiger partial charge in [-0.25, -0.2) is 13.2 Å². The van der Waals surface area contributed by atoms with E-state index in [-0.39, 0.29) is 17.4 Å². The van der Waals surface area contributed by atoms with Gasteiger partial charge in [0.25, 0.3) is 0 Å². The number of carbonyl (C=O) groups is 2. The van der Waals surface area contributed by atoms with Crippen LogP contribution in [0.15, 0.2) is 0 Å². The first-order chi connectivity index (χ1) is 11.4. The topological polar surface area (TPSA) is 90.0 Å². The third kappa shape index (κ3) is 4.97. The van der Waals surface area contributed by atoms with Crippen LogP contribution in [0.4, 0.5) is 0 Å². The zero-order valence-corrected chi connectivity index (χ0v) is 15.5. The molecule has 4 atom stereocenters. The third-order valence-corrected chi connectivity index (χ3v) is 5.99. The van der Waals surface area contributed by atoms with Crippen molar-refractivity contribution in [1.29, 1.82) is 0 Å². The van der Waals surface area contributed by atoms with Crippen LogP contribution in [0.5, 0.6) is 0 Å². The summed E-state index contributed by atoms with van der Waals surface area (Å²) < 4.78 is 33.8. The van der Waals surface area contributed by atoms with Crippen molar-refractivity contribution in [1.82, 2.24) is 4.90 Å². The van der Waals surface area contributed by atoms with E-state index in [1.165, 1.54) is 24.8 Å². The number of ether oxygens (including phenoxy) is 2. The maximum Gasteiger partial charge on any atom is 0.329 e. The maximum atomic E-state index is 12.2. The molecule has 0 N–H and O–H groups in total. The van der Waals surface area contributed by atoms with E-state index in [0.29, 0.717) is 7.85 Å². The molecular weight excluding hydrogens is 345 g/mol. The molecule has 0 saturated carbocycles. The Morgan fingerprint density at radius 2 is 1.96 bits per heavy atom. The van der Waals surface area contributed by atoms with E-state index in [2.05, 4.69) is 0 Å². The van der Waals surface area contributed by atoms with Crippen LogP contribution in [0.1, 0.15) is 33.6 Å². The second-order valence-corrected chi connectivity index (χ2v) is 9.61. The molecule has 3 heterocycles. The average Bonchev–Trinajstić information content (AvgIpc) is 3.08. The summed E-state index contributed by atoms with van der Waals surface area (Å²) in [4.78, 5) is 25.5. The summed E-state index contributed by atoms with van der Waals surface area (Å²) in [6, 6.07) is 0.0130. The van der Waals surface area contributed by atoms with E-state index in [9.17, 15) is 18.0 Å². The fourth-order valence-corrected chi connectivity index (χ4v) is 5.31. The van der Waals surface area contributed by atoms with E-state index >= 15 is 0 Å². The second-order valence-electron chi connectivity index (χ2n) is 7.45. The summed E-state index contributed by atoms with van der Waals surface area (Å²) in [5.74, 6) is -2.13. The number of esters is 1. The van der Waals surface area contributed by atoms with E-state index < -0.39 is 39.3 Å². The molecule has 0 aromatic heterocycles. The number of hydrogen-bond donors (Lipinski definition) is 0. The standard InChI is InChI=1S/C12H19NO5S.C4H10BO/c1-12(2,3)18-11(15)9-7-5-19(16,17)6-8(7)10(14)13(9)4;5-4-2-1-3-6-4/h7-9H,5-6H2,1-4H3;4H,1-3H2,5H3/q;-1/t7-,8+,9-;/m0./s1. The van der Waals surface area contributed by atoms with Crippen LogP contribution in [0.2, 0.25) is 0 Å². The van der Waals surface area contributed by atoms with Gasteiger partial charge < -0.3 is 14.4 Å². The monoisotopic (exact) mass is 374 g/mol. The number of carbonyl (C=O) groups excluding carboxylic acids is 2. The minimum absolute atomic E-state index is 0.113. The largest absolute Gasteiger partial charge is 0.458 e. The molecular formula is C16H29BNO6S-. The fourth-order valence-electron chi connectivity index (χ4n) is 3.24. The zero-order valence-electron chi connectivity index (χ0n) is 14.6.